The van der Waals surface area contributed by atoms with Gasteiger partial charge in [0.1, 0.15) is 10.7 Å². The van der Waals surface area contributed by atoms with Crippen molar-refractivity contribution in [2.45, 2.75) is 37.7 Å². The fourth-order valence-corrected chi connectivity index (χ4v) is 3.94. The minimum Gasteiger partial charge on any atom is -0.391 e. The predicted molar refractivity (Wildman–Crippen MR) is 81.6 cm³/mol. The monoisotopic (exact) mass is 313 g/mol. The van der Waals surface area contributed by atoms with Crippen molar-refractivity contribution in [3.8, 4) is 0 Å². The first-order valence-electron chi connectivity index (χ1n) is 7.34. The fourth-order valence-electron chi connectivity index (χ4n) is 2.35. The Hall–Kier alpha value is -1.18. The molecule has 1 fully saturated rings. The van der Waals surface area contributed by atoms with E-state index in [1.165, 1.54) is 4.31 Å². The lowest BCUT2D eigenvalue weighted by molar-refractivity contribution is 0.0605. The molecule has 0 saturated carbocycles. The molecule has 0 amide bonds. The number of hydrogen-bond acceptors (Lipinski definition) is 5. The molecule has 118 valence electrons. The zero-order chi connectivity index (χ0) is 15.5. The summed E-state index contributed by atoms with van der Waals surface area (Å²) in [7, 11) is -3.63. The largest absolute Gasteiger partial charge is 0.391 e. The normalized spacial score (nSPS) is 24.0. The molecule has 2 unspecified atom stereocenters. The Kier molecular flexibility index (Phi) is 5.18. The van der Waals surface area contributed by atoms with Crippen LogP contribution in [-0.4, -0.2) is 48.6 Å². The van der Waals surface area contributed by atoms with E-state index in [1.807, 2.05) is 13.8 Å². The van der Waals surface area contributed by atoms with Crippen molar-refractivity contribution < 1.29 is 13.5 Å². The number of anilines is 1. The van der Waals surface area contributed by atoms with E-state index in [4.69, 9.17) is 0 Å². The number of aliphatic hydroxyl groups is 1. The van der Waals surface area contributed by atoms with Gasteiger partial charge in [0.05, 0.1) is 6.10 Å². The molecule has 1 aromatic heterocycles. The highest BCUT2D eigenvalue weighted by molar-refractivity contribution is 7.89. The summed E-state index contributed by atoms with van der Waals surface area (Å²) in [6.45, 7) is 5.19. The van der Waals surface area contributed by atoms with E-state index < -0.39 is 16.1 Å². The lowest BCUT2D eigenvalue weighted by atomic mass is 9.98. The van der Waals surface area contributed by atoms with Crippen molar-refractivity contribution in [2.75, 3.05) is 25.0 Å². The van der Waals surface area contributed by atoms with E-state index in [0.717, 1.165) is 6.42 Å². The summed E-state index contributed by atoms with van der Waals surface area (Å²) in [5.41, 5.74) is 0. The average molecular weight is 313 g/mol. The molecule has 1 aromatic rings. The number of piperidine rings is 1. The Labute approximate surface area is 126 Å². The van der Waals surface area contributed by atoms with E-state index in [-0.39, 0.29) is 17.4 Å². The smallest absolute Gasteiger partial charge is 0.246 e. The maximum Gasteiger partial charge on any atom is 0.246 e. The average Bonchev–Trinajstić information content (AvgIpc) is 2.48. The molecule has 1 aliphatic heterocycles. The molecule has 1 saturated heterocycles. The first-order chi connectivity index (χ1) is 9.96. The van der Waals surface area contributed by atoms with Crippen LogP contribution in [0.1, 0.15) is 26.7 Å². The minimum atomic E-state index is -3.63. The van der Waals surface area contributed by atoms with Crippen molar-refractivity contribution >= 4 is 15.8 Å². The van der Waals surface area contributed by atoms with Crippen molar-refractivity contribution in [3.63, 3.8) is 0 Å². The molecule has 21 heavy (non-hydrogen) atoms. The molecule has 0 aromatic carbocycles. The number of pyridine rings is 1. The SMILES string of the molecule is CCCNc1ncccc1S(=O)(=O)N1CCC(C)C(O)C1. The molecular weight excluding hydrogens is 290 g/mol. The number of nitrogens with zero attached hydrogens (tertiary/aromatic N) is 2. The Bertz CT molecular complexity index is 577. The summed E-state index contributed by atoms with van der Waals surface area (Å²) >= 11 is 0. The second-order valence-electron chi connectivity index (χ2n) is 5.47. The van der Waals surface area contributed by atoms with Crippen LogP contribution in [0.5, 0.6) is 0 Å². The Morgan fingerprint density at radius 2 is 2.29 bits per heavy atom. The highest BCUT2D eigenvalue weighted by Crippen LogP contribution is 2.27. The van der Waals surface area contributed by atoms with Crippen LogP contribution in [0.3, 0.4) is 0 Å². The van der Waals surface area contributed by atoms with Gasteiger partial charge in [-0.05, 0) is 30.9 Å². The van der Waals surface area contributed by atoms with Gasteiger partial charge in [0.2, 0.25) is 10.0 Å². The van der Waals surface area contributed by atoms with Gasteiger partial charge in [0.15, 0.2) is 0 Å². The lowest BCUT2D eigenvalue weighted by Gasteiger charge is -2.33. The fraction of sp³-hybridized carbons (Fsp3) is 0.643. The van der Waals surface area contributed by atoms with Crippen molar-refractivity contribution in [1.29, 1.82) is 0 Å². The van der Waals surface area contributed by atoms with Crippen molar-refractivity contribution in [2.24, 2.45) is 5.92 Å². The second-order valence-corrected chi connectivity index (χ2v) is 7.38. The summed E-state index contributed by atoms with van der Waals surface area (Å²) < 4.78 is 26.9. The number of rotatable bonds is 5. The molecule has 0 spiro atoms. The molecule has 2 heterocycles. The van der Waals surface area contributed by atoms with Gasteiger partial charge in [-0.2, -0.15) is 4.31 Å². The molecule has 0 bridgehead atoms. The predicted octanol–water partition coefficient (Wildman–Crippen LogP) is 1.29. The number of aromatic nitrogens is 1. The Morgan fingerprint density at radius 3 is 2.95 bits per heavy atom. The van der Waals surface area contributed by atoms with Crippen LogP contribution in [0.4, 0.5) is 5.82 Å². The zero-order valence-electron chi connectivity index (χ0n) is 12.5. The van der Waals surface area contributed by atoms with Crippen LogP contribution in [0, 0.1) is 5.92 Å². The zero-order valence-corrected chi connectivity index (χ0v) is 13.3. The maximum atomic E-state index is 12.8. The first kappa shape index (κ1) is 16.2. The van der Waals surface area contributed by atoms with Gasteiger partial charge in [0.25, 0.3) is 0 Å². The number of sulfonamides is 1. The van der Waals surface area contributed by atoms with Crippen LogP contribution in [0.2, 0.25) is 0 Å². The molecule has 7 heteroatoms. The Morgan fingerprint density at radius 1 is 1.52 bits per heavy atom. The van der Waals surface area contributed by atoms with Gasteiger partial charge in [0, 0.05) is 25.8 Å². The van der Waals surface area contributed by atoms with Crippen LogP contribution >= 0.6 is 0 Å². The van der Waals surface area contributed by atoms with Gasteiger partial charge in [-0.1, -0.05) is 13.8 Å². The van der Waals surface area contributed by atoms with Crippen LogP contribution in [0.15, 0.2) is 23.2 Å². The highest BCUT2D eigenvalue weighted by Gasteiger charge is 2.34. The van der Waals surface area contributed by atoms with Gasteiger partial charge in [-0.25, -0.2) is 13.4 Å². The van der Waals surface area contributed by atoms with Crippen molar-refractivity contribution in [3.05, 3.63) is 18.3 Å². The summed E-state index contributed by atoms with van der Waals surface area (Å²) in [6, 6.07) is 3.18. The molecule has 6 nitrogen and oxygen atoms in total. The van der Waals surface area contributed by atoms with E-state index in [2.05, 4.69) is 10.3 Å². The van der Waals surface area contributed by atoms with Gasteiger partial charge in [-0.15, -0.1) is 0 Å². The molecule has 2 N–H and O–H groups in total. The van der Waals surface area contributed by atoms with Crippen molar-refractivity contribution in [1.82, 2.24) is 9.29 Å². The van der Waals surface area contributed by atoms with E-state index in [9.17, 15) is 13.5 Å². The number of hydrogen-bond donors (Lipinski definition) is 2. The lowest BCUT2D eigenvalue weighted by Crippen LogP contribution is -2.45. The molecule has 0 aliphatic carbocycles. The minimum absolute atomic E-state index is 0.128. The third-order valence-corrected chi connectivity index (χ3v) is 5.71. The summed E-state index contributed by atoms with van der Waals surface area (Å²) in [5.74, 6) is 0.510. The van der Waals surface area contributed by atoms with Gasteiger partial charge >= 0.3 is 0 Å². The molecule has 1 aliphatic rings. The van der Waals surface area contributed by atoms with E-state index >= 15 is 0 Å². The molecule has 2 rings (SSSR count). The third-order valence-electron chi connectivity index (χ3n) is 3.81. The van der Waals surface area contributed by atoms with Gasteiger partial charge in [-0.3, -0.25) is 0 Å². The second kappa shape index (κ2) is 6.72. The quantitative estimate of drug-likeness (QED) is 0.856. The Balaban J connectivity index is 2.27. The third kappa shape index (κ3) is 3.53. The summed E-state index contributed by atoms with van der Waals surface area (Å²) in [4.78, 5) is 4.31. The maximum absolute atomic E-state index is 12.8. The molecule has 0 radical (unpaired) electrons. The molecular formula is C14H23N3O3S. The van der Waals surface area contributed by atoms with Crippen LogP contribution in [-0.2, 0) is 10.0 Å². The summed E-state index contributed by atoms with van der Waals surface area (Å²) in [6.07, 6.45) is 2.51. The van der Waals surface area contributed by atoms with E-state index in [1.54, 1.807) is 18.3 Å². The highest BCUT2D eigenvalue weighted by atomic mass is 32.2. The number of aliphatic hydroxyl groups excluding tert-OH is 1. The number of β-amino-alcohol motifs (C(OH)–C–C–N with tert-alkyl or cyclic N) is 1. The van der Waals surface area contributed by atoms with Gasteiger partial charge < -0.3 is 10.4 Å². The number of nitrogens with one attached hydrogen (secondary N) is 1. The van der Waals surface area contributed by atoms with E-state index in [0.29, 0.717) is 25.3 Å². The standard InChI is InChI=1S/C14H23N3O3S/c1-3-7-15-14-13(5-4-8-16-14)21(19,20)17-9-6-11(2)12(18)10-17/h4-5,8,11-12,18H,3,6-7,9-10H2,1-2H3,(H,15,16). The topological polar surface area (TPSA) is 82.5 Å². The molecule has 2 atom stereocenters. The van der Waals surface area contributed by atoms with Crippen LogP contribution < -0.4 is 5.32 Å². The van der Waals surface area contributed by atoms with Crippen LogP contribution in [0.25, 0.3) is 0 Å². The first-order valence-corrected chi connectivity index (χ1v) is 8.78. The summed E-state index contributed by atoms with van der Waals surface area (Å²) in [5, 5.41) is 13.0.